The van der Waals surface area contributed by atoms with Gasteiger partial charge in [0.1, 0.15) is 5.69 Å². The number of aryl methyl sites for hydroxylation is 1. The predicted octanol–water partition coefficient (Wildman–Crippen LogP) is 5.46. The first kappa shape index (κ1) is 15.8. The van der Waals surface area contributed by atoms with Gasteiger partial charge in [0.05, 0.1) is 0 Å². The van der Waals surface area contributed by atoms with Gasteiger partial charge >= 0.3 is 0 Å². The molecule has 0 radical (unpaired) electrons. The summed E-state index contributed by atoms with van der Waals surface area (Å²) in [5.41, 5.74) is 3.39. The second-order valence-corrected chi connectivity index (χ2v) is 6.67. The van der Waals surface area contributed by atoms with Gasteiger partial charge < -0.3 is 8.98 Å². The van der Waals surface area contributed by atoms with Crippen LogP contribution in [0, 0.1) is 0 Å². The van der Waals surface area contributed by atoms with E-state index in [9.17, 15) is 0 Å². The van der Waals surface area contributed by atoms with Gasteiger partial charge in [0, 0.05) is 23.9 Å². The quantitative estimate of drug-likeness (QED) is 0.431. The summed E-state index contributed by atoms with van der Waals surface area (Å²) in [7, 11) is 0. The molecule has 0 N–H and O–H groups in total. The van der Waals surface area contributed by atoms with Crippen LogP contribution >= 0.6 is 0 Å². The Labute approximate surface area is 157 Å². The van der Waals surface area contributed by atoms with E-state index in [2.05, 4.69) is 87.6 Å². The Bertz CT molecular complexity index is 1240. The van der Waals surface area contributed by atoms with Gasteiger partial charge in [0.15, 0.2) is 0 Å². The highest BCUT2D eigenvalue weighted by molar-refractivity contribution is 5.88. The molecule has 0 aliphatic rings. The minimum atomic E-state index is 0.572. The molecule has 27 heavy (non-hydrogen) atoms. The molecule has 4 nitrogen and oxygen atoms in total. The second-order valence-electron chi connectivity index (χ2n) is 6.67. The summed E-state index contributed by atoms with van der Waals surface area (Å²) in [6, 6.07) is 25.5. The third-order valence-corrected chi connectivity index (χ3v) is 5.01. The molecule has 0 aliphatic carbocycles. The average Bonchev–Trinajstić information content (AvgIpc) is 3.33. The SMILES string of the molecule is CCc1nnc(-c2cc3ccccc3n2Cc2cccc3ccccc23)o1. The largest absolute Gasteiger partial charge is 0.419 e. The molecule has 2 aromatic heterocycles. The monoisotopic (exact) mass is 353 g/mol. The molecule has 0 unspecified atom stereocenters. The summed E-state index contributed by atoms with van der Waals surface area (Å²) in [6.07, 6.45) is 0.733. The molecule has 5 aromatic rings. The van der Waals surface area contributed by atoms with Crippen molar-refractivity contribution in [2.24, 2.45) is 0 Å². The molecule has 0 atom stereocenters. The van der Waals surface area contributed by atoms with Gasteiger partial charge in [-0.3, -0.25) is 0 Å². The lowest BCUT2D eigenvalue weighted by molar-refractivity contribution is 0.509. The number of hydrogen-bond acceptors (Lipinski definition) is 3. The van der Waals surface area contributed by atoms with Crippen molar-refractivity contribution in [2.75, 3.05) is 0 Å². The summed E-state index contributed by atoms with van der Waals surface area (Å²) < 4.78 is 8.14. The molecule has 4 heteroatoms. The predicted molar refractivity (Wildman–Crippen MR) is 108 cm³/mol. The van der Waals surface area contributed by atoms with E-state index in [1.165, 1.54) is 21.7 Å². The number of para-hydroxylation sites is 1. The molecule has 0 fully saturated rings. The summed E-state index contributed by atoms with van der Waals surface area (Å²) in [6.45, 7) is 2.76. The topological polar surface area (TPSA) is 43.9 Å². The highest BCUT2D eigenvalue weighted by Gasteiger charge is 2.16. The normalized spacial score (nSPS) is 11.4. The maximum Gasteiger partial charge on any atom is 0.264 e. The van der Waals surface area contributed by atoms with Crippen LogP contribution in [0.3, 0.4) is 0 Å². The van der Waals surface area contributed by atoms with Gasteiger partial charge in [-0.15, -0.1) is 10.2 Å². The first-order chi connectivity index (χ1) is 13.3. The van der Waals surface area contributed by atoms with Crippen molar-refractivity contribution in [3.8, 4) is 11.6 Å². The molecule has 0 saturated heterocycles. The van der Waals surface area contributed by atoms with Crippen molar-refractivity contribution in [1.82, 2.24) is 14.8 Å². The van der Waals surface area contributed by atoms with Crippen molar-refractivity contribution < 1.29 is 4.42 Å². The highest BCUT2D eigenvalue weighted by atomic mass is 16.4. The van der Waals surface area contributed by atoms with Crippen molar-refractivity contribution in [3.63, 3.8) is 0 Å². The fraction of sp³-hybridized carbons (Fsp3) is 0.130. The standard InChI is InChI=1S/C23H19N3O/c1-2-22-24-25-23(27-22)21-14-17-9-4-6-13-20(17)26(21)15-18-11-7-10-16-8-3-5-12-19(16)18/h3-14H,2,15H2,1H3. The lowest BCUT2D eigenvalue weighted by Crippen LogP contribution is -2.02. The van der Waals surface area contributed by atoms with Crippen LogP contribution < -0.4 is 0 Å². The van der Waals surface area contributed by atoms with E-state index >= 15 is 0 Å². The molecule has 0 spiro atoms. The Hall–Kier alpha value is -3.40. The van der Waals surface area contributed by atoms with Crippen LogP contribution in [0.5, 0.6) is 0 Å². The Morgan fingerprint density at radius 3 is 2.48 bits per heavy atom. The van der Waals surface area contributed by atoms with E-state index in [4.69, 9.17) is 4.42 Å². The average molecular weight is 353 g/mol. The van der Waals surface area contributed by atoms with Crippen LogP contribution in [0.2, 0.25) is 0 Å². The van der Waals surface area contributed by atoms with Crippen molar-refractivity contribution in [1.29, 1.82) is 0 Å². The van der Waals surface area contributed by atoms with Crippen molar-refractivity contribution >= 4 is 21.7 Å². The van der Waals surface area contributed by atoms with Crippen LogP contribution in [0.4, 0.5) is 0 Å². The molecule has 0 saturated carbocycles. The third-order valence-electron chi connectivity index (χ3n) is 5.01. The molecule has 0 bridgehead atoms. The molecule has 132 valence electrons. The fourth-order valence-electron chi connectivity index (χ4n) is 3.66. The summed E-state index contributed by atoms with van der Waals surface area (Å²) in [4.78, 5) is 0. The smallest absolute Gasteiger partial charge is 0.264 e. The van der Waals surface area contributed by atoms with E-state index in [1.54, 1.807) is 0 Å². The molecular weight excluding hydrogens is 334 g/mol. The lowest BCUT2D eigenvalue weighted by atomic mass is 10.0. The van der Waals surface area contributed by atoms with Crippen molar-refractivity contribution in [3.05, 3.63) is 84.3 Å². The minimum Gasteiger partial charge on any atom is -0.419 e. The third kappa shape index (κ3) is 2.70. The minimum absolute atomic E-state index is 0.572. The summed E-state index contributed by atoms with van der Waals surface area (Å²) in [5, 5.41) is 12.1. The van der Waals surface area contributed by atoms with Gasteiger partial charge in [-0.1, -0.05) is 67.6 Å². The number of nitrogens with zero attached hydrogens (tertiary/aromatic N) is 3. The summed E-state index contributed by atoms with van der Waals surface area (Å²) >= 11 is 0. The first-order valence-corrected chi connectivity index (χ1v) is 9.21. The first-order valence-electron chi connectivity index (χ1n) is 9.21. The zero-order chi connectivity index (χ0) is 18.2. The molecule has 0 amide bonds. The van der Waals surface area contributed by atoms with Gasteiger partial charge in [-0.05, 0) is 28.5 Å². The van der Waals surface area contributed by atoms with Crippen molar-refractivity contribution in [2.45, 2.75) is 19.9 Å². The van der Waals surface area contributed by atoms with E-state index in [0.29, 0.717) is 11.8 Å². The van der Waals surface area contributed by atoms with Crippen LogP contribution in [0.25, 0.3) is 33.3 Å². The van der Waals surface area contributed by atoms with Crippen LogP contribution in [0.1, 0.15) is 18.4 Å². The van der Waals surface area contributed by atoms with E-state index in [0.717, 1.165) is 24.2 Å². The number of benzene rings is 3. The van der Waals surface area contributed by atoms with E-state index in [-0.39, 0.29) is 0 Å². The maximum absolute atomic E-state index is 5.87. The van der Waals surface area contributed by atoms with Crippen LogP contribution in [-0.2, 0) is 13.0 Å². The number of fused-ring (bicyclic) bond motifs is 2. The van der Waals surface area contributed by atoms with Crippen LogP contribution in [-0.4, -0.2) is 14.8 Å². The summed E-state index contributed by atoms with van der Waals surface area (Å²) in [5.74, 6) is 1.23. The number of rotatable bonds is 4. The fourth-order valence-corrected chi connectivity index (χ4v) is 3.66. The highest BCUT2D eigenvalue weighted by Crippen LogP contribution is 2.30. The van der Waals surface area contributed by atoms with Gasteiger partial charge in [-0.2, -0.15) is 0 Å². The van der Waals surface area contributed by atoms with E-state index < -0.39 is 0 Å². The zero-order valence-electron chi connectivity index (χ0n) is 15.1. The Morgan fingerprint density at radius 2 is 1.63 bits per heavy atom. The zero-order valence-corrected chi connectivity index (χ0v) is 15.1. The Balaban J connectivity index is 1.70. The van der Waals surface area contributed by atoms with Crippen LogP contribution in [0.15, 0.2) is 77.2 Å². The van der Waals surface area contributed by atoms with Gasteiger partial charge in [0.2, 0.25) is 5.89 Å². The molecule has 0 aliphatic heterocycles. The second kappa shape index (κ2) is 6.40. The Kier molecular flexibility index (Phi) is 3.75. The van der Waals surface area contributed by atoms with E-state index in [1.807, 2.05) is 6.92 Å². The number of aromatic nitrogens is 3. The molecule has 5 rings (SSSR count). The number of hydrogen-bond donors (Lipinski definition) is 0. The molecule has 3 aromatic carbocycles. The molecule has 2 heterocycles. The van der Waals surface area contributed by atoms with Gasteiger partial charge in [0.25, 0.3) is 5.89 Å². The van der Waals surface area contributed by atoms with Gasteiger partial charge in [-0.25, -0.2) is 0 Å². The lowest BCUT2D eigenvalue weighted by Gasteiger charge is -2.11. The Morgan fingerprint density at radius 1 is 0.852 bits per heavy atom. The molecular formula is C23H19N3O. The maximum atomic E-state index is 5.87.